The molecule has 0 atom stereocenters. The Hall–Kier alpha value is -1.55. The van der Waals surface area contributed by atoms with Gasteiger partial charge in [0.25, 0.3) is 0 Å². The van der Waals surface area contributed by atoms with Gasteiger partial charge in [0.15, 0.2) is 0 Å². The second-order valence-electron chi connectivity index (χ2n) is 3.78. The van der Waals surface area contributed by atoms with E-state index >= 15 is 0 Å². The van der Waals surface area contributed by atoms with Crippen molar-refractivity contribution in [2.45, 2.75) is 0 Å². The SMILES string of the molecule is CN(C(=O)c1ccccc1)c1cc[c]([Ge])cc1. The Balaban J connectivity index is 2.23. The van der Waals surface area contributed by atoms with Gasteiger partial charge in [0.1, 0.15) is 0 Å². The van der Waals surface area contributed by atoms with E-state index in [2.05, 4.69) is 0 Å². The Labute approximate surface area is 109 Å². The molecule has 2 aromatic carbocycles. The van der Waals surface area contributed by atoms with Crippen LogP contribution in [0.25, 0.3) is 0 Å². The summed E-state index contributed by atoms with van der Waals surface area (Å²) in [6.45, 7) is 0. The van der Waals surface area contributed by atoms with Crippen molar-refractivity contribution < 1.29 is 4.79 Å². The molecule has 0 N–H and O–H groups in total. The summed E-state index contributed by atoms with van der Waals surface area (Å²) in [6.07, 6.45) is 0. The number of amides is 1. The van der Waals surface area contributed by atoms with Gasteiger partial charge in [0, 0.05) is 0 Å². The summed E-state index contributed by atoms with van der Waals surface area (Å²) in [7, 11) is 1.79. The van der Waals surface area contributed by atoms with Gasteiger partial charge in [-0.1, -0.05) is 0 Å². The molecule has 1 amide bonds. The fraction of sp³-hybridized carbons (Fsp3) is 0.0714. The number of nitrogens with zero attached hydrogens (tertiary/aromatic N) is 1. The predicted molar refractivity (Wildman–Crippen MR) is 71.0 cm³/mol. The van der Waals surface area contributed by atoms with E-state index in [0.29, 0.717) is 5.56 Å². The maximum atomic E-state index is 12.2. The molecule has 0 spiro atoms. The van der Waals surface area contributed by atoms with E-state index in [9.17, 15) is 4.79 Å². The standard InChI is InChI=1S/C14H12GeNO/c1-16(13-9-7-12(15)8-10-13)14(17)11-5-3-2-4-6-11/h2-10H,1H3. The molecule has 0 fully saturated rings. The third-order valence-electron chi connectivity index (χ3n) is 2.58. The number of anilines is 1. The first-order valence-electron chi connectivity index (χ1n) is 5.33. The van der Waals surface area contributed by atoms with E-state index in [4.69, 9.17) is 0 Å². The van der Waals surface area contributed by atoms with Gasteiger partial charge in [0.2, 0.25) is 0 Å². The van der Waals surface area contributed by atoms with E-state index in [1.54, 1.807) is 11.9 Å². The van der Waals surface area contributed by atoms with Crippen LogP contribution in [0, 0.1) is 0 Å². The molecule has 17 heavy (non-hydrogen) atoms. The average molecular weight is 283 g/mol. The molecule has 0 heterocycles. The van der Waals surface area contributed by atoms with Gasteiger partial charge in [-0.3, -0.25) is 0 Å². The van der Waals surface area contributed by atoms with Crippen LogP contribution in [0.3, 0.4) is 0 Å². The van der Waals surface area contributed by atoms with E-state index in [0.717, 1.165) is 5.69 Å². The van der Waals surface area contributed by atoms with Crippen LogP contribution in [0.4, 0.5) is 5.69 Å². The minimum atomic E-state index is 0.00875. The first-order chi connectivity index (χ1) is 8.18. The molecule has 0 aliphatic carbocycles. The van der Waals surface area contributed by atoms with Crippen molar-refractivity contribution in [3.63, 3.8) is 0 Å². The minimum absolute atomic E-state index is 0.00875. The molecule has 83 valence electrons. The second kappa shape index (κ2) is 5.19. The normalized spacial score (nSPS) is 10.0. The number of hydrogen-bond donors (Lipinski definition) is 0. The van der Waals surface area contributed by atoms with Crippen molar-refractivity contribution in [1.29, 1.82) is 0 Å². The van der Waals surface area contributed by atoms with Gasteiger partial charge < -0.3 is 0 Å². The first kappa shape index (κ1) is 11.9. The Morgan fingerprint density at radius 3 is 2.18 bits per heavy atom. The molecule has 0 aliphatic heterocycles. The van der Waals surface area contributed by atoms with Crippen LogP contribution in [0.1, 0.15) is 10.4 Å². The van der Waals surface area contributed by atoms with E-state index in [1.807, 2.05) is 71.1 Å². The number of carbonyl (C=O) groups excluding carboxylic acids is 1. The number of rotatable bonds is 2. The topological polar surface area (TPSA) is 20.3 Å². The van der Waals surface area contributed by atoms with E-state index in [1.165, 1.54) is 4.40 Å². The van der Waals surface area contributed by atoms with Crippen molar-refractivity contribution >= 4 is 32.5 Å². The van der Waals surface area contributed by atoms with Gasteiger partial charge in [-0.05, 0) is 0 Å². The summed E-state index contributed by atoms with van der Waals surface area (Å²) < 4.78 is 1.19. The van der Waals surface area contributed by atoms with Crippen LogP contribution in [0.15, 0.2) is 54.6 Å². The summed E-state index contributed by atoms with van der Waals surface area (Å²) in [5.74, 6) is 0.00875. The van der Waals surface area contributed by atoms with Crippen LogP contribution in [-0.2, 0) is 0 Å². The summed E-state index contributed by atoms with van der Waals surface area (Å²) in [4.78, 5) is 13.8. The van der Waals surface area contributed by atoms with Crippen molar-refractivity contribution in [3.05, 3.63) is 60.2 Å². The van der Waals surface area contributed by atoms with E-state index in [-0.39, 0.29) is 5.91 Å². The van der Waals surface area contributed by atoms with Crippen LogP contribution in [-0.4, -0.2) is 29.5 Å². The first-order valence-corrected chi connectivity index (χ1v) is 6.38. The molecule has 2 nitrogen and oxygen atoms in total. The van der Waals surface area contributed by atoms with Crippen molar-refractivity contribution in [3.8, 4) is 0 Å². The Morgan fingerprint density at radius 2 is 1.59 bits per heavy atom. The van der Waals surface area contributed by atoms with Crippen LogP contribution >= 0.6 is 0 Å². The van der Waals surface area contributed by atoms with Crippen molar-refractivity contribution in [2.24, 2.45) is 0 Å². The van der Waals surface area contributed by atoms with Crippen LogP contribution in [0.2, 0.25) is 0 Å². The molecule has 0 saturated heterocycles. The zero-order valence-electron chi connectivity index (χ0n) is 9.55. The summed E-state index contributed by atoms with van der Waals surface area (Å²) in [5, 5.41) is 0. The summed E-state index contributed by atoms with van der Waals surface area (Å²) in [5.41, 5.74) is 1.61. The number of benzene rings is 2. The van der Waals surface area contributed by atoms with Crippen LogP contribution < -0.4 is 9.30 Å². The van der Waals surface area contributed by atoms with Crippen molar-refractivity contribution in [1.82, 2.24) is 0 Å². The number of carbonyl (C=O) groups is 1. The fourth-order valence-electron chi connectivity index (χ4n) is 1.58. The van der Waals surface area contributed by atoms with Gasteiger partial charge in [-0.25, -0.2) is 0 Å². The van der Waals surface area contributed by atoms with Crippen molar-refractivity contribution in [2.75, 3.05) is 11.9 Å². The molecule has 0 saturated carbocycles. The quantitative estimate of drug-likeness (QED) is 0.769. The van der Waals surface area contributed by atoms with Gasteiger partial charge in [-0.15, -0.1) is 0 Å². The average Bonchev–Trinajstić information content (AvgIpc) is 2.39. The Kier molecular flexibility index (Phi) is 3.64. The zero-order chi connectivity index (χ0) is 12.3. The fourth-order valence-corrected chi connectivity index (χ4v) is 1.93. The molecule has 0 aromatic heterocycles. The van der Waals surface area contributed by atoms with Gasteiger partial charge in [-0.2, -0.15) is 0 Å². The molecule has 0 bridgehead atoms. The summed E-state index contributed by atoms with van der Waals surface area (Å²) in [6, 6.07) is 17.2. The molecule has 0 unspecified atom stereocenters. The Morgan fingerprint density at radius 1 is 1.00 bits per heavy atom. The molecular formula is C14H12GeNO. The number of hydrogen-bond acceptors (Lipinski definition) is 1. The molecule has 3 radical (unpaired) electrons. The van der Waals surface area contributed by atoms with Gasteiger partial charge >= 0.3 is 109 Å². The maximum absolute atomic E-state index is 12.2. The second-order valence-corrected chi connectivity index (χ2v) is 4.99. The zero-order valence-corrected chi connectivity index (χ0v) is 11.6. The third-order valence-corrected chi connectivity index (χ3v) is 3.28. The molecular weight excluding hydrogens is 271 g/mol. The monoisotopic (exact) mass is 284 g/mol. The Bertz CT molecular complexity index is 508. The molecule has 2 aromatic rings. The van der Waals surface area contributed by atoms with Crippen LogP contribution in [0.5, 0.6) is 0 Å². The molecule has 0 aliphatic rings. The molecule has 3 heteroatoms. The van der Waals surface area contributed by atoms with E-state index < -0.39 is 0 Å². The third kappa shape index (κ3) is 2.77. The van der Waals surface area contributed by atoms with Gasteiger partial charge in [0.05, 0.1) is 0 Å². The molecule has 2 rings (SSSR count). The predicted octanol–water partition coefficient (Wildman–Crippen LogP) is 1.76. The summed E-state index contributed by atoms with van der Waals surface area (Å²) >= 11 is 2.03.